The lowest BCUT2D eigenvalue weighted by atomic mass is 10.2. The normalized spacial score (nSPS) is 19.3. The number of nitrogens with one attached hydrogen (secondary N) is 1. The minimum absolute atomic E-state index is 0.443. The summed E-state index contributed by atoms with van der Waals surface area (Å²) in [6.45, 7) is 2.02. The van der Waals surface area contributed by atoms with E-state index in [1.54, 1.807) is 0 Å². The zero-order valence-electron chi connectivity index (χ0n) is 10.2. The summed E-state index contributed by atoms with van der Waals surface area (Å²) in [6, 6.07) is 8.24. The zero-order chi connectivity index (χ0) is 12.5. The van der Waals surface area contributed by atoms with Crippen LogP contribution >= 0.6 is 11.6 Å². The summed E-state index contributed by atoms with van der Waals surface area (Å²) in [5.74, 6) is 0.768. The number of aromatic nitrogens is 2. The van der Waals surface area contributed by atoms with Crippen LogP contribution in [0.1, 0.15) is 6.42 Å². The van der Waals surface area contributed by atoms with Crippen molar-refractivity contribution in [3.8, 4) is 0 Å². The Kier molecular flexibility index (Phi) is 3.06. The van der Waals surface area contributed by atoms with E-state index in [2.05, 4.69) is 20.2 Å². The molecule has 1 saturated heterocycles. The van der Waals surface area contributed by atoms with Crippen LogP contribution in [0.5, 0.6) is 0 Å². The van der Waals surface area contributed by atoms with E-state index in [4.69, 9.17) is 11.6 Å². The van der Waals surface area contributed by atoms with Crippen molar-refractivity contribution >= 4 is 28.5 Å². The Balaban J connectivity index is 2.02. The molecule has 2 aromatic rings. The van der Waals surface area contributed by atoms with Gasteiger partial charge in [0.25, 0.3) is 0 Å². The molecule has 1 N–H and O–H groups in total. The van der Waals surface area contributed by atoms with Gasteiger partial charge in [0.1, 0.15) is 0 Å². The Morgan fingerprint density at radius 3 is 2.67 bits per heavy atom. The van der Waals surface area contributed by atoms with Gasteiger partial charge in [-0.2, -0.15) is 0 Å². The molecule has 5 heteroatoms. The van der Waals surface area contributed by atoms with Gasteiger partial charge >= 0.3 is 0 Å². The first kappa shape index (κ1) is 11.7. The highest BCUT2D eigenvalue weighted by Crippen LogP contribution is 2.26. The molecule has 1 fully saturated rings. The molecule has 2 heterocycles. The third kappa shape index (κ3) is 2.02. The fraction of sp³-hybridized carbons (Fsp3) is 0.385. The van der Waals surface area contributed by atoms with Crippen molar-refractivity contribution in [2.45, 2.75) is 12.5 Å². The number of halogens is 1. The quantitative estimate of drug-likeness (QED) is 0.900. The molecule has 0 radical (unpaired) electrons. The van der Waals surface area contributed by atoms with Crippen LogP contribution in [0.2, 0.25) is 5.15 Å². The fourth-order valence-electron chi connectivity index (χ4n) is 2.34. The first-order valence-corrected chi connectivity index (χ1v) is 6.49. The maximum absolute atomic E-state index is 6.24. The van der Waals surface area contributed by atoms with E-state index in [1.165, 1.54) is 0 Å². The predicted molar refractivity (Wildman–Crippen MR) is 74.2 cm³/mol. The van der Waals surface area contributed by atoms with Crippen LogP contribution in [0.4, 0.5) is 5.82 Å². The highest BCUT2D eigenvalue weighted by molar-refractivity contribution is 6.32. The minimum atomic E-state index is 0.443. The fourth-order valence-corrected chi connectivity index (χ4v) is 2.60. The SMILES string of the molecule is CN(c1nc2ccccc2nc1Cl)[C@H]1CCNC1. The Morgan fingerprint density at radius 1 is 1.28 bits per heavy atom. The molecular formula is C13H15ClN4. The number of hydrogen-bond acceptors (Lipinski definition) is 4. The molecule has 94 valence electrons. The number of anilines is 1. The molecule has 0 unspecified atom stereocenters. The van der Waals surface area contributed by atoms with E-state index < -0.39 is 0 Å². The molecule has 1 aromatic heterocycles. The summed E-state index contributed by atoms with van der Waals surface area (Å²) in [6.07, 6.45) is 1.11. The van der Waals surface area contributed by atoms with Gasteiger partial charge in [-0.1, -0.05) is 23.7 Å². The van der Waals surface area contributed by atoms with Gasteiger partial charge < -0.3 is 10.2 Å². The number of rotatable bonds is 2. The van der Waals surface area contributed by atoms with Gasteiger partial charge in [-0.05, 0) is 25.1 Å². The third-order valence-corrected chi connectivity index (χ3v) is 3.68. The highest BCUT2D eigenvalue weighted by atomic mass is 35.5. The van der Waals surface area contributed by atoms with Gasteiger partial charge in [-0.3, -0.25) is 0 Å². The Labute approximate surface area is 111 Å². The van der Waals surface area contributed by atoms with Crippen molar-refractivity contribution in [3.63, 3.8) is 0 Å². The predicted octanol–water partition coefficient (Wildman–Crippen LogP) is 2.08. The van der Waals surface area contributed by atoms with E-state index >= 15 is 0 Å². The van der Waals surface area contributed by atoms with E-state index in [0.29, 0.717) is 11.2 Å². The average molecular weight is 263 g/mol. The van der Waals surface area contributed by atoms with Gasteiger partial charge in [-0.15, -0.1) is 0 Å². The van der Waals surface area contributed by atoms with Crippen LogP contribution in [-0.2, 0) is 0 Å². The number of nitrogens with zero attached hydrogens (tertiary/aromatic N) is 3. The van der Waals surface area contributed by atoms with Gasteiger partial charge in [0.05, 0.1) is 11.0 Å². The van der Waals surface area contributed by atoms with Gasteiger partial charge in [0.15, 0.2) is 11.0 Å². The number of hydrogen-bond donors (Lipinski definition) is 1. The molecule has 0 saturated carbocycles. The summed E-state index contributed by atoms with van der Waals surface area (Å²) in [4.78, 5) is 11.2. The van der Waals surface area contributed by atoms with Crippen LogP contribution in [0, 0.1) is 0 Å². The van der Waals surface area contributed by atoms with Crippen molar-refractivity contribution < 1.29 is 0 Å². The van der Waals surface area contributed by atoms with Crippen LogP contribution in [0.15, 0.2) is 24.3 Å². The molecule has 0 bridgehead atoms. The van der Waals surface area contributed by atoms with Crippen molar-refractivity contribution in [3.05, 3.63) is 29.4 Å². The molecule has 1 atom stereocenters. The third-order valence-electron chi connectivity index (χ3n) is 3.43. The molecular weight excluding hydrogens is 248 g/mol. The summed E-state index contributed by atoms with van der Waals surface area (Å²) in [5.41, 5.74) is 1.72. The lowest BCUT2D eigenvalue weighted by molar-refractivity contribution is 0.678. The first-order valence-electron chi connectivity index (χ1n) is 6.11. The number of fused-ring (bicyclic) bond motifs is 1. The van der Waals surface area contributed by atoms with Gasteiger partial charge in [0, 0.05) is 19.6 Å². The minimum Gasteiger partial charge on any atom is -0.353 e. The maximum atomic E-state index is 6.24. The summed E-state index contributed by atoms with van der Waals surface area (Å²) in [7, 11) is 2.03. The zero-order valence-corrected chi connectivity index (χ0v) is 11.0. The second kappa shape index (κ2) is 4.71. The number of likely N-dealkylation sites (N-methyl/N-ethyl adjacent to an activating group) is 1. The molecule has 3 rings (SSSR count). The molecule has 0 aliphatic carbocycles. The lowest BCUT2D eigenvalue weighted by Crippen LogP contribution is -2.34. The molecule has 0 spiro atoms. The Bertz CT molecular complexity index is 566. The van der Waals surface area contributed by atoms with Crippen LogP contribution in [0.25, 0.3) is 11.0 Å². The van der Waals surface area contributed by atoms with Crippen LogP contribution < -0.4 is 10.2 Å². The highest BCUT2D eigenvalue weighted by Gasteiger charge is 2.22. The van der Waals surface area contributed by atoms with Crippen molar-refractivity contribution in [2.75, 3.05) is 25.0 Å². The monoisotopic (exact) mass is 262 g/mol. The molecule has 18 heavy (non-hydrogen) atoms. The molecule has 4 nitrogen and oxygen atoms in total. The summed E-state index contributed by atoms with van der Waals surface area (Å²) < 4.78 is 0. The topological polar surface area (TPSA) is 41.1 Å². The standard InChI is InChI=1S/C13H15ClN4/c1-18(9-6-7-15-8-9)13-12(14)16-10-4-2-3-5-11(10)17-13/h2-5,9,15H,6-8H2,1H3/t9-/m0/s1. The molecule has 0 amide bonds. The van der Waals surface area contributed by atoms with E-state index in [-0.39, 0.29) is 0 Å². The van der Waals surface area contributed by atoms with Crippen LogP contribution in [0.3, 0.4) is 0 Å². The molecule has 1 aliphatic rings. The lowest BCUT2D eigenvalue weighted by Gasteiger charge is -2.25. The second-order valence-electron chi connectivity index (χ2n) is 4.58. The Hall–Kier alpha value is -1.39. The van der Waals surface area contributed by atoms with E-state index in [9.17, 15) is 0 Å². The second-order valence-corrected chi connectivity index (χ2v) is 4.94. The van der Waals surface area contributed by atoms with E-state index in [0.717, 1.165) is 36.4 Å². The Morgan fingerprint density at radius 2 is 2.00 bits per heavy atom. The van der Waals surface area contributed by atoms with E-state index in [1.807, 2.05) is 31.3 Å². The molecule has 1 aromatic carbocycles. The van der Waals surface area contributed by atoms with Gasteiger partial charge in [-0.25, -0.2) is 9.97 Å². The summed E-state index contributed by atoms with van der Waals surface area (Å²) >= 11 is 6.24. The van der Waals surface area contributed by atoms with Crippen LogP contribution in [-0.4, -0.2) is 36.1 Å². The largest absolute Gasteiger partial charge is 0.353 e. The van der Waals surface area contributed by atoms with Gasteiger partial charge in [0.2, 0.25) is 0 Å². The molecule has 1 aliphatic heterocycles. The summed E-state index contributed by atoms with van der Waals surface area (Å²) in [5, 5.41) is 3.82. The number of para-hydroxylation sites is 2. The average Bonchev–Trinajstić information content (AvgIpc) is 2.91. The maximum Gasteiger partial charge on any atom is 0.172 e. The first-order chi connectivity index (χ1) is 8.75. The number of benzene rings is 1. The van der Waals surface area contributed by atoms with Crippen molar-refractivity contribution in [1.29, 1.82) is 0 Å². The van der Waals surface area contributed by atoms with Crippen molar-refractivity contribution in [1.82, 2.24) is 15.3 Å². The van der Waals surface area contributed by atoms with Crippen molar-refractivity contribution in [2.24, 2.45) is 0 Å². The smallest absolute Gasteiger partial charge is 0.172 e.